The Labute approximate surface area is 65.0 Å². The van der Waals surface area contributed by atoms with Crippen LogP contribution in [0, 0.1) is 0 Å². The monoisotopic (exact) mass is 159 g/mol. The lowest BCUT2D eigenvalue weighted by Crippen LogP contribution is -2.39. The average molecular weight is 160 g/mol. The second-order valence-electron chi connectivity index (χ2n) is 2.53. The van der Waals surface area contributed by atoms with E-state index in [0.717, 1.165) is 0 Å². The zero-order valence-electron chi connectivity index (χ0n) is 5.71. The third kappa shape index (κ3) is 1.04. The molecule has 3 N–H and O–H groups in total. The zero-order chi connectivity index (χ0) is 7.78. The molecule has 2 nitrogen and oxygen atoms in total. The summed E-state index contributed by atoms with van der Waals surface area (Å²) in [6.45, 7) is 1.69. The fourth-order valence-corrected chi connectivity index (χ4v) is 0.915. The average Bonchev–Trinajstić information content (AvgIpc) is 1.84. The van der Waals surface area contributed by atoms with E-state index < -0.39 is 11.0 Å². The van der Waals surface area contributed by atoms with Gasteiger partial charge in [0.15, 0.2) is 0 Å². The van der Waals surface area contributed by atoms with Crippen molar-refractivity contribution in [1.82, 2.24) is 0 Å². The Balaban J connectivity index is 2.93. The molecule has 10 heavy (non-hydrogen) atoms. The fourth-order valence-electron chi connectivity index (χ4n) is 0.779. The normalized spacial score (nSPS) is 39.5. The minimum atomic E-state index is -0.825. The number of allylic oxidation sites excluding steroid dienone is 2. The van der Waals surface area contributed by atoms with Gasteiger partial charge in [-0.15, -0.1) is 11.6 Å². The lowest BCUT2D eigenvalue weighted by atomic mass is 9.95. The molecule has 2 atom stereocenters. The molecule has 0 spiro atoms. The van der Waals surface area contributed by atoms with Crippen molar-refractivity contribution in [3.05, 3.63) is 23.9 Å². The van der Waals surface area contributed by atoms with E-state index in [0.29, 0.717) is 5.70 Å². The fraction of sp³-hybridized carbons (Fsp3) is 0.429. The Bertz CT molecular complexity index is 196. The molecule has 0 aromatic heterocycles. The minimum absolute atomic E-state index is 0.504. The molecule has 0 amide bonds. The van der Waals surface area contributed by atoms with Crippen LogP contribution in [0.2, 0.25) is 0 Å². The van der Waals surface area contributed by atoms with E-state index in [1.807, 2.05) is 0 Å². The summed E-state index contributed by atoms with van der Waals surface area (Å²) in [6, 6.07) is 0. The maximum Gasteiger partial charge on any atom is 0.110 e. The van der Waals surface area contributed by atoms with E-state index >= 15 is 0 Å². The highest BCUT2D eigenvalue weighted by Crippen LogP contribution is 2.28. The molecule has 0 aliphatic heterocycles. The summed E-state index contributed by atoms with van der Waals surface area (Å²) in [4.78, 5) is -0.825. The third-order valence-electron chi connectivity index (χ3n) is 1.69. The second-order valence-corrected chi connectivity index (χ2v) is 3.31. The molecule has 0 saturated heterocycles. The molecular weight excluding hydrogens is 150 g/mol. The van der Waals surface area contributed by atoms with Crippen LogP contribution in [0.3, 0.4) is 0 Å². The number of halogens is 1. The number of aliphatic hydroxyl groups is 1. The van der Waals surface area contributed by atoms with Gasteiger partial charge in [-0.05, 0) is 13.0 Å². The van der Waals surface area contributed by atoms with Crippen LogP contribution >= 0.6 is 11.6 Å². The smallest absolute Gasteiger partial charge is 0.110 e. The molecule has 2 unspecified atom stereocenters. The molecule has 1 aliphatic carbocycles. The third-order valence-corrected chi connectivity index (χ3v) is 2.13. The Morgan fingerprint density at radius 2 is 2.40 bits per heavy atom. The largest absolute Gasteiger partial charge is 0.401 e. The van der Waals surface area contributed by atoms with Crippen LogP contribution in [-0.4, -0.2) is 16.1 Å². The molecule has 3 heteroatoms. The minimum Gasteiger partial charge on any atom is -0.401 e. The van der Waals surface area contributed by atoms with E-state index in [9.17, 15) is 5.11 Å². The molecule has 0 saturated carbocycles. The van der Waals surface area contributed by atoms with Crippen LogP contribution in [0.15, 0.2) is 23.9 Å². The van der Waals surface area contributed by atoms with Crippen LogP contribution in [0.5, 0.6) is 0 Å². The van der Waals surface area contributed by atoms with Crippen LogP contribution in [0.25, 0.3) is 0 Å². The Hall–Kier alpha value is -0.470. The van der Waals surface area contributed by atoms with Gasteiger partial charge in [-0.1, -0.05) is 12.2 Å². The van der Waals surface area contributed by atoms with Gasteiger partial charge < -0.3 is 10.8 Å². The zero-order valence-corrected chi connectivity index (χ0v) is 6.47. The lowest BCUT2D eigenvalue weighted by Gasteiger charge is -2.28. The highest BCUT2D eigenvalue weighted by molar-refractivity contribution is 6.26. The van der Waals surface area contributed by atoms with Gasteiger partial charge in [0, 0.05) is 5.70 Å². The van der Waals surface area contributed by atoms with Crippen molar-refractivity contribution < 1.29 is 5.11 Å². The summed E-state index contributed by atoms with van der Waals surface area (Å²) in [5.74, 6) is 0. The van der Waals surface area contributed by atoms with Crippen molar-refractivity contribution in [3.8, 4) is 0 Å². The van der Waals surface area contributed by atoms with Gasteiger partial charge >= 0.3 is 0 Å². The van der Waals surface area contributed by atoms with Crippen molar-refractivity contribution in [2.75, 3.05) is 0 Å². The molecule has 0 fully saturated rings. The molecule has 56 valence electrons. The maximum absolute atomic E-state index is 9.27. The SMILES string of the molecule is CC1(Cl)C(N)=CC=CC1O. The van der Waals surface area contributed by atoms with Crippen molar-refractivity contribution >= 4 is 11.6 Å². The molecule has 0 radical (unpaired) electrons. The standard InChI is InChI=1S/C7H10ClNO/c1-7(8)5(9)3-2-4-6(7)10/h2-4,6,10H,9H2,1H3. The van der Waals surface area contributed by atoms with Gasteiger partial charge in [0.1, 0.15) is 4.87 Å². The number of rotatable bonds is 0. The first kappa shape index (κ1) is 7.63. The first-order valence-electron chi connectivity index (χ1n) is 3.06. The lowest BCUT2D eigenvalue weighted by molar-refractivity contribution is 0.190. The molecule has 0 aromatic carbocycles. The quantitative estimate of drug-likeness (QED) is 0.513. The Morgan fingerprint density at radius 1 is 1.80 bits per heavy atom. The van der Waals surface area contributed by atoms with Gasteiger partial charge in [0.05, 0.1) is 6.10 Å². The van der Waals surface area contributed by atoms with E-state index in [4.69, 9.17) is 17.3 Å². The first-order valence-corrected chi connectivity index (χ1v) is 3.44. The second kappa shape index (κ2) is 2.29. The topological polar surface area (TPSA) is 46.2 Å². The summed E-state index contributed by atoms with van der Waals surface area (Å²) in [5.41, 5.74) is 6.02. The number of aliphatic hydroxyl groups excluding tert-OH is 1. The molecule has 1 rings (SSSR count). The van der Waals surface area contributed by atoms with Crippen LogP contribution < -0.4 is 5.73 Å². The van der Waals surface area contributed by atoms with E-state index in [1.54, 1.807) is 25.2 Å². The van der Waals surface area contributed by atoms with E-state index in [-0.39, 0.29) is 0 Å². The summed E-state index contributed by atoms with van der Waals surface area (Å²) in [6.07, 6.45) is 4.33. The summed E-state index contributed by atoms with van der Waals surface area (Å²) >= 11 is 5.88. The van der Waals surface area contributed by atoms with Gasteiger partial charge in [-0.3, -0.25) is 0 Å². The first-order chi connectivity index (χ1) is 4.55. The predicted octanol–water partition coefficient (Wildman–Crippen LogP) is 0.757. The highest BCUT2D eigenvalue weighted by atomic mass is 35.5. The van der Waals surface area contributed by atoms with Crippen molar-refractivity contribution in [2.45, 2.75) is 17.9 Å². The summed E-state index contributed by atoms with van der Waals surface area (Å²) in [5, 5.41) is 9.27. The molecule has 0 heterocycles. The van der Waals surface area contributed by atoms with E-state index in [2.05, 4.69) is 0 Å². The van der Waals surface area contributed by atoms with Crippen LogP contribution in [0.1, 0.15) is 6.92 Å². The summed E-state index contributed by atoms with van der Waals surface area (Å²) in [7, 11) is 0. The van der Waals surface area contributed by atoms with Crippen LogP contribution in [0.4, 0.5) is 0 Å². The molecule has 0 aromatic rings. The number of nitrogens with two attached hydrogens (primary N) is 1. The van der Waals surface area contributed by atoms with Gasteiger partial charge in [0.2, 0.25) is 0 Å². The Morgan fingerprint density at radius 3 is 2.80 bits per heavy atom. The highest BCUT2D eigenvalue weighted by Gasteiger charge is 2.32. The van der Waals surface area contributed by atoms with Crippen molar-refractivity contribution in [1.29, 1.82) is 0 Å². The molecule has 0 bridgehead atoms. The predicted molar refractivity (Wildman–Crippen MR) is 41.7 cm³/mol. The van der Waals surface area contributed by atoms with Gasteiger partial charge in [0.25, 0.3) is 0 Å². The van der Waals surface area contributed by atoms with Crippen LogP contribution in [-0.2, 0) is 0 Å². The Kier molecular flexibility index (Phi) is 1.75. The number of hydrogen-bond donors (Lipinski definition) is 2. The molecule has 1 aliphatic rings. The van der Waals surface area contributed by atoms with Gasteiger partial charge in [-0.2, -0.15) is 0 Å². The van der Waals surface area contributed by atoms with Gasteiger partial charge in [-0.25, -0.2) is 0 Å². The number of hydrogen-bond acceptors (Lipinski definition) is 2. The molecular formula is C7H10ClNO. The van der Waals surface area contributed by atoms with Crippen molar-refractivity contribution in [3.63, 3.8) is 0 Å². The van der Waals surface area contributed by atoms with Crippen molar-refractivity contribution in [2.24, 2.45) is 5.73 Å². The van der Waals surface area contributed by atoms with E-state index in [1.165, 1.54) is 0 Å². The maximum atomic E-state index is 9.27. The number of alkyl halides is 1. The summed E-state index contributed by atoms with van der Waals surface area (Å²) < 4.78 is 0.